The van der Waals surface area contributed by atoms with E-state index in [0.717, 1.165) is 17.1 Å². The van der Waals surface area contributed by atoms with Crippen LogP contribution < -0.4 is 11.1 Å². The van der Waals surface area contributed by atoms with E-state index in [-0.39, 0.29) is 16.0 Å². The summed E-state index contributed by atoms with van der Waals surface area (Å²) in [5, 5.41) is 3.70. The Morgan fingerprint density at radius 3 is 2.62 bits per heavy atom. The van der Waals surface area contributed by atoms with E-state index in [1.807, 2.05) is 18.2 Å². The van der Waals surface area contributed by atoms with Crippen LogP contribution in [0.4, 0.5) is 5.69 Å². The molecule has 1 fully saturated rings. The quantitative estimate of drug-likeness (QED) is 0.507. The first kappa shape index (κ1) is 19.4. The number of fused-ring (bicyclic) bond motifs is 5. The molecular formula is C23H22N4O4S. The minimum absolute atomic E-state index is 0.139. The van der Waals surface area contributed by atoms with E-state index < -0.39 is 15.8 Å². The second-order valence-corrected chi connectivity index (χ2v) is 10.4. The number of nitrogens with one attached hydrogen (secondary N) is 1. The minimum atomic E-state index is -3.71. The SMILES string of the molecule is Cn1c(=O)oc2cc(S(=O)(=O)N3CCC4(CC3)Nc3ccccc3-n3cccc34)ccc21. The molecule has 1 N–H and O–H groups in total. The number of oxazole rings is 1. The van der Waals surface area contributed by atoms with Crippen LogP contribution in [-0.4, -0.2) is 34.9 Å². The lowest BCUT2D eigenvalue weighted by atomic mass is 9.83. The molecule has 4 aromatic rings. The Hall–Kier alpha value is -3.30. The zero-order valence-electron chi connectivity index (χ0n) is 17.5. The molecule has 0 radical (unpaired) electrons. The van der Waals surface area contributed by atoms with Crippen molar-refractivity contribution in [3.63, 3.8) is 0 Å². The van der Waals surface area contributed by atoms with Crippen molar-refractivity contribution in [3.8, 4) is 5.69 Å². The fraction of sp³-hybridized carbons (Fsp3) is 0.261. The second-order valence-electron chi connectivity index (χ2n) is 8.45. The molecule has 9 heteroatoms. The molecule has 1 saturated heterocycles. The molecule has 0 aliphatic carbocycles. The van der Waals surface area contributed by atoms with Crippen molar-refractivity contribution in [3.05, 3.63) is 77.0 Å². The fourth-order valence-electron chi connectivity index (χ4n) is 5.01. The summed E-state index contributed by atoms with van der Waals surface area (Å²) < 4.78 is 37.0. The summed E-state index contributed by atoms with van der Waals surface area (Å²) in [6.45, 7) is 0.777. The first-order valence-corrected chi connectivity index (χ1v) is 12.0. The van der Waals surface area contributed by atoms with Crippen LogP contribution in [0.2, 0.25) is 0 Å². The van der Waals surface area contributed by atoms with Gasteiger partial charge in [0, 0.05) is 38.1 Å². The normalized spacial score (nSPS) is 17.8. The van der Waals surface area contributed by atoms with Gasteiger partial charge in [0.15, 0.2) is 5.58 Å². The topological polar surface area (TPSA) is 89.5 Å². The third-order valence-electron chi connectivity index (χ3n) is 6.75. The van der Waals surface area contributed by atoms with Crippen LogP contribution in [-0.2, 0) is 22.6 Å². The van der Waals surface area contributed by atoms with Crippen molar-refractivity contribution in [1.29, 1.82) is 0 Å². The van der Waals surface area contributed by atoms with Gasteiger partial charge in [-0.3, -0.25) is 4.57 Å². The fourth-order valence-corrected chi connectivity index (χ4v) is 6.46. The Labute approximate surface area is 184 Å². The standard InChI is InChI=1S/C23H22N4O4S/c1-25-19-9-8-16(15-20(19)31-22(25)28)32(29,30)26-13-10-23(11-14-26)21-7-4-12-27(21)18-6-3-2-5-17(18)24-23/h2-9,12,15,24H,10-11,13-14H2,1H3. The zero-order chi connectivity index (χ0) is 22.1. The van der Waals surface area contributed by atoms with Crippen LogP contribution in [0.25, 0.3) is 16.8 Å². The maximum atomic E-state index is 13.4. The molecule has 8 nitrogen and oxygen atoms in total. The Kier molecular flexibility index (Phi) is 4.00. The lowest BCUT2D eigenvalue weighted by Crippen LogP contribution is -2.50. The van der Waals surface area contributed by atoms with Crippen molar-refractivity contribution in [1.82, 2.24) is 13.4 Å². The van der Waals surface area contributed by atoms with Gasteiger partial charge in [-0.05, 0) is 49.2 Å². The number of aromatic nitrogens is 2. The molecular weight excluding hydrogens is 428 g/mol. The van der Waals surface area contributed by atoms with E-state index in [1.165, 1.54) is 21.0 Å². The summed E-state index contributed by atoms with van der Waals surface area (Å²) in [5.74, 6) is -0.513. The third-order valence-corrected chi connectivity index (χ3v) is 8.65. The van der Waals surface area contributed by atoms with Crippen molar-refractivity contribution in [2.75, 3.05) is 18.4 Å². The van der Waals surface area contributed by atoms with Crippen molar-refractivity contribution in [2.24, 2.45) is 7.05 Å². The molecule has 2 aliphatic rings. The molecule has 4 heterocycles. The van der Waals surface area contributed by atoms with Crippen LogP contribution in [0.15, 0.2) is 74.9 Å². The molecule has 0 atom stereocenters. The van der Waals surface area contributed by atoms with Crippen LogP contribution >= 0.6 is 0 Å². The molecule has 0 bridgehead atoms. The molecule has 1 spiro atoms. The van der Waals surface area contributed by atoms with Gasteiger partial charge < -0.3 is 14.3 Å². The highest BCUT2D eigenvalue weighted by Crippen LogP contribution is 2.44. The average Bonchev–Trinajstić information content (AvgIpc) is 3.40. The van der Waals surface area contributed by atoms with E-state index in [9.17, 15) is 13.2 Å². The smallest absolute Gasteiger partial charge is 0.408 e. The lowest BCUT2D eigenvalue weighted by Gasteiger charge is -2.45. The second kappa shape index (κ2) is 6.60. The average molecular weight is 451 g/mol. The van der Waals surface area contributed by atoms with E-state index >= 15 is 0 Å². The molecule has 2 aromatic carbocycles. The Balaban J connectivity index is 1.31. The highest BCUT2D eigenvalue weighted by Gasteiger charge is 2.43. The first-order valence-electron chi connectivity index (χ1n) is 10.5. The lowest BCUT2D eigenvalue weighted by molar-refractivity contribution is 0.247. The highest BCUT2D eigenvalue weighted by atomic mass is 32.2. The van der Waals surface area contributed by atoms with Gasteiger partial charge in [-0.2, -0.15) is 4.31 Å². The van der Waals surface area contributed by atoms with Gasteiger partial charge in [0.25, 0.3) is 0 Å². The maximum Gasteiger partial charge on any atom is 0.419 e. The molecule has 2 aromatic heterocycles. The molecule has 6 rings (SSSR count). The van der Waals surface area contributed by atoms with Gasteiger partial charge in [-0.1, -0.05) is 12.1 Å². The van der Waals surface area contributed by atoms with E-state index in [1.54, 1.807) is 13.1 Å². The van der Waals surface area contributed by atoms with E-state index in [4.69, 9.17) is 4.42 Å². The predicted molar refractivity (Wildman–Crippen MR) is 121 cm³/mol. The summed E-state index contributed by atoms with van der Waals surface area (Å²) in [5.41, 5.74) is 3.83. The van der Waals surface area contributed by atoms with Gasteiger partial charge in [0.2, 0.25) is 10.0 Å². The number of rotatable bonds is 2. The van der Waals surface area contributed by atoms with E-state index in [2.05, 4.69) is 34.3 Å². The Morgan fingerprint density at radius 2 is 1.81 bits per heavy atom. The maximum absolute atomic E-state index is 13.4. The Morgan fingerprint density at radius 1 is 1.03 bits per heavy atom. The predicted octanol–water partition coefficient (Wildman–Crippen LogP) is 3.03. The van der Waals surface area contributed by atoms with Crippen molar-refractivity contribution >= 4 is 26.8 Å². The third kappa shape index (κ3) is 2.64. The van der Waals surface area contributed by atoms with Crippen LogP contribution in [0.5, 0.6) is 0 Å². The van der Waals surface area contributed by atoms with Gasteiger partial charge >= 0.3 is 5.76 Å². The van der Waals surface area contributed by atoms with E-state index in [0.29, 0.717) is 31.4 Å². The Bertz CT molecular complexity index is 1520. The minimum Gasteiger partial charge on any atom is -0.408 e. The molecule has 0 unspecified atom stereocenters. The zero-order valence-corrected chi connectivity index (χ0v) is 18.3. The van der Waals surface area contributed by atoms with Crippen LogP contribution in [0.3, 0.4) is 0 Å². The van der Waals surface area contributed by atoms with Crippen LogP contribution in [0.1, 0.15) is 18.5 Å². The first-order chi connectivity index (χ1) is 15.4. The van der Waals surface area contributed by atoms with Gasteiger partial charge in [0.05, 0.1) is 27.3 Å². The molecule has 0 amide bonds. The van der Waals surface area contributed by atoms with Crippen molar-refractivity contribution in [2.45, 2.75) is 23.3 Å². The molecule has 0 saturated carbocycles. The summed E-state index contributed by atoms with van der Waals surface area (Å²) in [4.78, 5) is 11.9. The van der Waals surface area contributed by atoms with Gasteiger partial charge in [0.1, 0.15) is 0 Å². The molecule has 32 heavy (non-hydrogen) atoms. The molecule has 2 aliphatic heterocycles. The monoisotopic (exact) mass is 450 g/mol. The number of hydrogen-bond donors (Lipinski definition) is 1. The summed E-state index contributed by atoms with van der Waals surface area (Å²) in [6.07, 6.45) is 3.35. The number of piperidine rings is 1. The summed E-state index contributed by atoms with van der Waals surface area (Å²) in [6, 6.07) is 16.9. The summed E-state index contributed by atoms with van der Waals surface area (Å²) in [7, 11) is -2.11. The molecule has 164 valence electrons. The summed E-state index contributed by atoms with van der Waals surface area (Å²) >= 11 is 0. The number of nitrogens with zero attached hydrogens (tertiary/aromatic N) is 3. The van der Waals surface area contributed by atoms with Crippen LogP contribution in [0, 0.1) is 0 Å². The van der Waals surface area contributed by atoms with Gasteiger partial charge in [-0.15, -0.1) is 0 Å². The number of benzene rings is 2. The number of sulfonamides is 1. The number of para-hydroxylation sites is 2. The van der Waals surface area contributed by atoms with Crippen molar-refractivity contribution < 1.29 is 12.8 Å². The van der Waals surface area contributed by atoms with Gasteiger partial charge in [-0.25, -0.2) is 13.2 Å². The number of hydrogen-bond acceptors (Lipinski definition) is 5. The number of anilines is 1. The number of aryl methyl sites for hydroxylation is 1. The largest absolute Gasteiger partial charge is 0.419 e. The highest BCUT2D eigenvalue weighted by molar-refractivity contribution is 7.89.